The molecule has 1 aromatic heterocycles. The van der Waals surface area contributed by atoms with Crippen LogP contribution in [-0.4, -0.2) is 28.4 Å². The van der Waals surface area contributed by atoms with Gasteiger partial charge in [-0.25, -0.2) is 4.79 Å². The van der Waals surface area contributed by atoms with E-state index in [9.17, 15) is 4.79 Å². The van der Waals surface area contributed by atoms with E-state index in [1.165, 1.54) is 11.3 Å². The summed E-state index contributed by atoms with van der Waals surface area (Å²) in [5.41, 5.74) is 2.18. The number of alkyl carbamates (subject to hydrolysis) is 1. The number of amides is 1. The third kappa shape index (κ3) is 5.31. The van der Waals surface area contributed by atoms with Crippen LogP contribution in [0.1, 0.15) is 25.8 Å². The molecule has 15 heavy (non-hydrogen) atoms. The maximum atomic E-state index is 11.2. The molecule has 0 aromatic carbocycles. The minimum atomic E-state index is -0.458. The number of nitrogens with zero attached hydrogens (tertiary/aromatic N) is 2. The number of hydrogen-bond acceptors (Lipinski definition) is 5. The van der Waals surface area contributed by atoms with Crippen molar-refractivity contribution in [2.45, 2.75) is 32.8 Å². The van der Waals surface area contributed by atoms with Crippen molar-refractivity contribution in [1.82, 2.24) is 15.5 Å². The van der Waals surface area contributed by atoms with Gasteiger partial charge in [0.15, 0.2) is 5.51 Å². The van der Waals surface area contributed by atoms with Crippen LogP contribution in [0, 0.1) is 5.51 Å². The first-order valence-electron chi connectivity index (χ1n) is 4.62. The fourth-order valence-corrected chi connectivity index (χ4v) is 1.33. The molecule has 0 aliphatic rings. The topological polar surface area (TPSA) is 64.1 Å². The summed E-state index contributed by atoms with van der Waals surface area (Å²) in [5, 5.41) is 10.9. The van der Waals surface area contributed by atoms with Crippen LogP contribution in [0.3, 0.4) is 0 Å². The van der Waals surface area contributed by atoms with Crippen molar-refractivity contribution in [2.75, 3.05) is 6.54 Å². The van der Waals surface area contributed by atoms with E-state index >= 15 is 0 Å². The Hall–Kier alpha value is -1.17. The molecule has 5 nitrogen and oxygen atoms in total. The van der Waals surface area contributed by atoms with Gasteiger partial charge in [0.2, 0.25) is 0 Å². The lowest BCUT2D eigenvalue weighted by atomic mass is 10.2. The van der Waals surface area contributed by atoms with Gasteiger partial charge in [0, 0.05) is 13.0 Å². The van der Waals surface area contributed by atoms with E-state index in [0.29, 0.717) is 13.0 Å². The fourth-order valence-electron chi connectivity index (χ4n) is 0.856. The Morgan fingerprint density at radius 2 is 2.33 bits per heavy atom. The van der Waals surface area contributed by atoms with E-state index in [1.807, 2.05) is 20.8 Å². The first-order chi connectivity index (χ1) is 6.97. The van der Waals surface area contributed by atoms with Gasteiger partial charge in [-0.1, -0.05) is 11.3 Å². The van der Waals surface area contributed by atoms with Crippen molar-refractivity contribution in [3.05, 3.63) is 10.5 Å². The summed E-state index contributed by atoms with van der Waals surface area (Å²) in [7, 11) is 0. The van der Waals surface area contributed by atoms with Gasteiger partial charge in [-0.05, 0) is 20.8 Å². The number of nitrogens with one attached hydrogen (secondary N) is 1. The summed E-state index contributed by atoms with van der Waals surface area (Å²) in [5.74, 6) is 0. The number of hydrogen-bond donors (Lipinski definition) is 1. The van der Waals surface area contributed by atoms with Gasteiger partial charge in [0.25, 0.3) is 0 Å². The second-order valence-corrected chi connectivity index (χ2v) is 4.82. The zero-order chi connectivity index (χ0) is 11.3. The lowest BCUT2D eigenvalue weighted by molar-refractivity contribution is 0.0528. The first kappa shape index (κ1) is 11.9. The first-order valence-corrected chi connectivity index (χ1v) is 5.44. The number of carbonyl (C=O) groups is 1. The summed E-state index contributed by atoms with van der Waals surface area (Å²) in [4.78, 5) is 11.2. The van der Waals surface area contributed by atoms with Gasteiger partial charge in [-0.3, -0.25) is 0 Å². The summed E-state index contributed by atoms with van der Waals surface area (Å²) in [6.07, 6.45) is 0.247. The van der Waals surface area contributed by atoms with Crippen LogP contribution in [0.2, 0.25) is 0 Å². The van der Waals surface area contributed by atoms with E-state index in [-0.39, 0.29) is 0 Å². The van der Waals surface area contributed by atoms with Crippen LogP contribution in [0.25, 0.3) is 0 Å². The van der Waals surface area contributed by atoms with E-state index in [0.717, 1.165) is 5.01 Å². The summed E-state index contributed by atoms with van der Waals surface area (Å²) >= 11 is 1.35. The molecule has 0 aliphatic carbocycles. The Bertz CT molecular complexity index is 306. The molecule has 0 spiro atoms. The Kier molecular flexibility index (Phi) is 4.02. The molecule has 1 radical (unpaired) electrons. The Balaban J connectivity index is 2.18. The minimum absolute atomic E-state index is 0.406. The molecule has 0 bridgehead atoms. The van der Waals surface area contributed by atoms with E-state index in [2.05, 4.69) is 21.0 Å². The number of ether oxygens (including phenoxy) is 1. The lowest BCUT2D eigenvalue weighted by Gasteiger charge is -2.19. The molecule has 1 aromatic rings. The van der Waals surface area contributed by atoms with Crippen molar-refractivity contribution >= 4 is 17.4 Å². The molecular formula is C9H14N3O2S. The molecule has 83 valence electrons. The monoisotopic (exact) mass is 228 g/mol. The van der Waals surface area contributed by atoms with Crippen LogP contribution < -0.4 is 5.32 Å². The highest BCUT2D eigenvalue weighted by molar-refractivity contribution is 7.08. The maximum Gasteiger partial charge on any atom is 0.407 e. The van der Waals surface area contributed by atoms with Gasteiger partial charge >= 0.3 is 6.09 Å². The molecule has 1 N–H and O–H groups in total. The predicted octanol–water partition coefficient (Wildman–Crippen LogP) is 1.41. The highest BCUT2D eigenvalue weighted by atomic mass is 32.1. The highest BCUT2D eigenvalue weighted by Gasteiger charge is 2.15. The lowest BCUT2D eigenvalue weighted by Crippen LogP contribution is -2.33. The smallest absolute Gasteiger partial charge is 0.407 e. The molecule has 1 heterocycles. The molecule has 1 rings (SSSR count). The van der Waals surface area contributed by atoms with Gasteiger partial charge in [0.05, 0.1) is 0 Å². The van der Waals surface area contributed by atoms with Gasteiger partial charge in [0.1, 0.15) is 10.6 Å². The van der Waals surface area contributed by atoms with Crippen molar-refractivity contribution in [3.8, 4) is 0 Å². The molecule has 0 aliphatic heterocycles. The Labute approximate surface area is 92.9 Å². The molecule has 1 amide bonds. The van der Waals surface area contributed by atoms with Crippen molar-refractivity contribution in [1.29, 1.82) is 0 Å². The molecule has 0 atom stereocenters. The average Bonchev–Trinajstić information content (AvgIpc) is 2.53. The fraction of sp³-hybridized carbons (Fsp3) is 0.667. The summed E-state index contributed by atoms with van der Waals surface area (Å²) in [6, 6.07) is 0. The summed E-state index contributed by atoms with van der Waals surface area (Å²) < 4.78 is 5.07. The van der Waals surface area contributed by atoms with E-state index in [4.69, 9.17) is 4.74 Å². The van der Waals surface area contributed by atoms with Crippen molar-refractivity contribution in [3.63, 3.8) is 0 Å². The van der Waals surface area contributed by atoms with Crippen LogP contribution >= 0.6 is 11.3 Å². The molecule has 6 heteroatoms. The van der Waals surface area contributed by atoms with E-state index in [1.54, 1.807) is 0 Å². The SMILES string of the molecule is CC(C)(C)OC(=O)NCCc1nn[c]s1. The zero-order valence-corrected chi connectivity index (χ0v) is 9.85. The van der Waals surface area contributed by atoms with Gasteiger partial charge in [-0.2, -0.15) is 0 Å². The molecular weight excluding hydrogens is 214 g/mol. The van der Waals surface area contributed by atoms with E-state index < -0.39 is 11.7 Å². The third-order valence-electron chi connectivity index (χ3n) is 1.37. The zero-order valence-electron chi connectivity index (χ0n) is 9.03. The highest BCUT2D eigenvalue weighted by Crippen LogP contribution is 2.06. The van der Waals surface area contributed by atoms with Crippen LogP contribution in [0.5, 0.6) is 0 Å². The van der Waals surface area contributed by atoms with Gasteiger partial charge in [-0.15, -0.1) is 10.2 Å². The maximum absolute atomic E-state index is 11.2. The minimum Gasteiger partial charge on any atom is -0.444 e. The van der Waals surface area contributed by atoms with Crippen LogP contribution in [0.15, 0.2) is 0 Å². The summed E-state index contributed by atoms with van der Waals surface area (Å²) in [6.45, 7) is 5.98. The van der Waals surface area contributed by atoms with Crippen molar-refractivity contribution < 1.29 is 9.53 Å². The molecule has 0 unspecified atom stereocenters. The molecule has 0 saturated carbocycles. The average molecular weight is 228 g/mol. The normalized spacial score (nSPS) is 11.1. The Morgan fingerprint density at radius 3 is 2.87 bits per heavy atom. The van der Waals surface area contributed by atoms with Crippen molar-refractivity contribution in [2.24, 2.45) is 0 Å². The molecule has 0 fully saturated rings. The predicted molar refractivity (Wildman–Crippen MR) is 56.7 cm³/mol. The third-order valence-corrected chi connectivity index (χ3v) is 2.07. The number of aromatic nitrogens is 2. The standard InChI is InChI=1S/C9H14N3O2S/c1-9(2,3)14-8(13)10-5-4-7-12-11-6-15-7/h4-5H2,1-3H3,(H,10,13). The quantitative estimate of drug-likeness (QED) is 0.849. The van der Waals surface area contributed by atoms with Gasteiger partial charge < -0.3 is 10.1 Å². The number of rotatable bonds is 3. The Morgan fingerprint density at radius 1 is 1.60 bits per heavy atom. The van der Waals surface area contributed by atoms with Crippen LogP contribution in [-0.2, 0) is 11.2 Å². The second kappa shape index (κ2) is 5.06. The number of carbonyl (C=O) groups excluding carboxylic acids is 1. The van der Waals surface area contributed by atoms with Crippen LogP contribution in [0.4, 0.5) is 4.79 Å². The molecule has 0 saturated heterocycles. The largest absolute Gasteiger partial charge is 0.444 e. The second-order valence-electron chi connectivity index (χ2n) is 3.97.